The largest absolute Gasteiger partial charge is 0.284 e. The molecule has 0 spiro atoms. The molecule has 0 aliphatic carbocycles. The number of nitrogens with one attached hydrogen (secondary N) is 1. The molecule has 1 atom stereocenters. The van der Waals surface area contributed by atoms with Crippen LogP contribution in [0.4, 0.5) is 0 Å². The fraction of sp³-hybridized carbons (Fsp3) is 0.417. The highest BCUT2D eigenvalue weighted by Crippen LogP contribution is 2.28. The molecule has 1 saturated heterocycles. The Bertz CT molecular complexity index is 656. The highest BCUT2D eigenvalue weighted by molar-refractivity contribution is 7.89. The second-order valence-corrected chi connectivity index (χ2v) is 6.70. The van der Waals surface area contributed by atoms with Crippen LogP contribution in [-0.4, -0.2) is 46.0 Å². The van der Waals surface area contributed by atoms with Gasteiger partial charge in [0.2, 0.25) is 10.0 Å². The third kappa shape index (κ3) is 2.44. The Labute approximate surface area is 117 Å². The standard InChI is InChI=1S/C12H15N5O2S/c18-20(19,11-6-15-16-7-11)17-5-1-2-10(9-17)12-8-13-3-4-14-12/h3-4,6-8,10H,1-2,5,9H2,(H,15,16)/t10-/m1/s1. The lowest BCUT2D eigenvalue weighted by Crippen LogP contribution is -2.39. The Hall–Kier alpha value is -1.80. The summed E-state index contributed by atoms with van der Waals surface area (Å²) in [5.74, 6) is 0.0964. The van der Waals surface area contributed by atoms with Crippen LogP contribution < -0.4 is 0 Å². The molecule has 20 heavy (non-hydrogen) atoms. The van der Waals surface area contributed by atoms with Gasteiger partial charge in [0.15, 0.2) is 0 Å². The number of aromatic amines is 1. The van der Waals surface area contributed by atoms with Crippen LogP contribution in [0.3, 0.4) is 0 Å². The second-order valence-electron chi connectivity index (χ2n) is 4.77. The van der Waals surface area contributed by atoms with Gasteiger partial charge in [0, 0.05) is 43.8 Å². The predicted octanol–water partition coefficient (Wildman–Crippen LogP) is 0.768. The molecule has 1 aliphatic heterocycles. The van der Waals surface area contributed by atoms with E-state index in [2.05, 4.69) is 20.2 Å². The summed E-state index contributed by atoms with van der Waals surface area (Å²) in [6, 6.07) is 0. The van der Waals surface area contributed by atoms with Crippen LogP contribution in [0.1, 0.15) is 24.5 Å². The number of hydrogen-bond donors (Lipinski definition) is 1. The molecule has 2 aromatic heterocycles. The Morgan fingerprint density at radius 1 is 1.30 bits per heavy atom. The van der Waals surface area contributed by atoms with Crippen LogP contribution in [-0.2, 0) is 10.0 Å². The van der Waals surface area contributed by atoms with Crippen molar-refractivity contribution in [3.8, 4) is 0 Å². The van der Waals surface area contributed by atoms with E-state index in [9.17, 15) is 8.42 Å². The molecule has 0 radical (unpaired) electrons. The average molecular weight is 293 g/mol. The van der Waals surface area contributed by atoms with Crippen molar-refractivity contribution in [1.82, 2.24) is 24.5 Å². The molecule has 0 saturated carbocycles. The molecule has 2 aromatic rings. The Morgan fingerprint density at radius 2 is 2.20 bits per heavy atom. The Balaban J connectivity index is 1.83. The van der Waals surface area contributed by atoms with Gasteiger partial charge < -0.3 is 0 Å². The van der Waals surface area contributed by atoms with Crippen molar-refractivity contribution in [3.05, 3.63) is 36.7 Å². The quantitative estimate of drug-likeness (QED) is 0.902. The lowest BCUT2D eigenvalue weighted by molar-refractivity contribution is 0.312. The molecule has 3 heterocycles. The number of sulfonamides is 1. The summed E-state index contributed by atoms with van der Waals surface area (Å²) in [6.07, 6.45) is 9.45. The molecule has 0 unspecified atom stereocenters. The molecular weight excluding hydrogens is 278 g/mol. The van der Waals surface area contributed by atoms with Crippen LogP contribution in [0.15, 0.2) is 35.9 Å². The smallest absolute Gasteiger partial charge is 0.246 e. The predicted molar refractivity (Wildman–Crippen MR) is 71.4 cm³/mol. The minimum atomic E-state index is -3.47. The van der Waals surface area contributed by atoms with E-state index in [4.69, 9.17) is 0 Å². The summed E-state index contributed by atoms with van der Waals surface area (Å²) in [5, 5.41) is 6.25. The van der Waals surface area contributed by atoms with Crippen molar-refractivity contribution in [2.24, 2.45) is 0 Å². The third-order valence-electron chi connectivity index (χ3n) is 3.50. The zero-order chi connectivity index (χ0) is 14.0. The summed E-state index contributed by atoms with van der Waals surface area (Å²) in [4.78, 5) is 8.54. The minimum absolute atomic E-state index is 0.0964. The monoisotopic (exact) mass is 293 g/mol. The maximum absolute atomic E-state index is 12.5. The van der Waals surface area contributed by atoms with Crippen molar-refractivity contribution in [3.63, 3.8) is 0 Å². The van der Waals surface area contributed by atoms with Gasteiger partial charge in [-0.15, -0.1) is 0 Å². The van der Waals surface area contributed by atoms with Gasteiger partial charge in [0.1, 0.15) is 4.90 Å². The van der Waals surface area contributed by atoms with E-state index in [1.54, 1.807) is 18.6 Å². The lowest BCUT2D eigenvalue weighted by Gasteiger charge is -2.31. The number of piperidine rings is 1. The van der Waals surface area contributed by atoms with E-state index < -0.39 is 10.0 Å². The van der Waals surface area contributed by atoms with E-state index >= 15 is 0 Å². The van der Waals surface area contributed by atoms with Gasteiger partial charge in [0.25, 0.3) is 0 Å². The van der Waals surface area contributed by atoms with Gasteiger partial charge in [-0.3, -0.25) is 15.1 Å². The van der Waals surface area contributed by atoms with E-state index in [0.717, 1.165) is 18.5 Å². The highest BCUT2D eigenvalue weighted by atomic mass is 32.2. The lowest BCUT2D eigenvalue weighted by atomic mass is 9.96. The summed E-state index contributed by atoms with van der Waals surface area (Å²) in [6.45, 7) is 0.969. The SMILES string of the molecule is O=S(=O)(c1cn[nH]c1)N1CCC[C@@H](c2cnccn2)C1. The van der Waals surface area contributed by atoms with Crippen molar-refractivity contribution in [2.75, 3.05) is 13.1 Å². The molecule has 1 N–H and O–H groups in total. The van der Waals surface area contributed by atoms with Gasteiger partial charge in [-0.2, -0.15) is 9.40 Å². The fourth-order valence-corrected chi connectivity index (χ4v) is 3.88. The van der Waals surface area contributed by atoms with Crippen LogP contribution in [0, 0.1) is 0 Å². The summed E-state index contributed by atoms with van der Waals surface area (Å²) in [5.41, 5.74) is 0.847. The molecule has 7 nitrogen and oxygen atoms in total. The summed E-state index contributed by atoms with van der Waals surface area (Å²) < 4.78 is 26.4. The van der Waals surface area contributed by atoms with Crippen LogP contribution in [0.25, 0.3) is 0 Å². The second kappa shape index (κ2) is 5.29. The molecule has 0 aromatic carbocycles. The number of hydrogen-bond acceptors (Lipinski definition) is 5. The van der Waals surface area contributed by atoms with Crippen molar-refractivity contribution >= 4 is 10.0 Å². The first-order chi connectivity index (χ1) is 9.68. The Morgan fingerprint density at radius 3 is 2.90 bits per heavy atom. The van der Waals surface area contributed by atoms with E-state index in [0.29, 0.717) is 13.1 Å². The van der Waals surface area contributed by atoms with Gasteiger partial charge in [0.05, 0.1) is 11.9 Å². The van der Waals surface area contributed by atoms with E-state index in [1.807, 2.05) is 0 Å². The van der Waals surface area contributed by atoms with Gasteiger partial charge >= 0.3 is 0 Å². The maximum atomic E-state index is 12.5. The van der Waals surface area contributed by atoms with Gasteiger partial charge in [-0.25, -0.2) is 8.42 Å². The topological polar surface area (TPSA) is 91.8 Å². The van der Waals surface area contributed by atoms with Crippen molar-refractivity contribution in [1.29, 1.82) is 0 Å². The molecular formula is C12H15N5O2S. The minimum Gasteiger partial charge on any atom is -0.284 e. The first kappa shape index (κ1) is 13.2. The number of aromatic nitrogens is 4. The van der Waals surface area contributed by atoms with Crippen molar-refractivity contribution in [2.45, 2.75) is 23.7 Å². The number of rotatable bonds is 3. The number of H-pyrrole nitrogens is 1. The van der Waals surface area contributed by atoms with Crippen LogP contribution in [0.2, 0.25) is 0 Å². The zero-order valence-corrected chi connectivity index (χ0v) is 11.6. The molecule has 1 aliphatic rings. The van der Waals surface area contributed by atoms with Gasteiger partial charge in [-0.1, -0.05) is 0 Å². The third-order valence-corrected chi connectivity index (χ3v) is 5.33. The van der Waals surface area contributed by atoms with E-state index in [1.165, 1.54) is 16.7 Å². The zero-order valence-electron chi connectivity index (χ0n) is 10.8. The van der Waals surface area contributed by atoms with Crippen LogP contribution in [0.5, 0.6) is 0 Å². The van der Waals surface area contributed by atoms with Crippen molar-refractivity contribution < 1.29 is 8.42 Å². The normalized spacial score (nSPS) is 20.9. The molecule has 106 valence electrons. The molecule has 0 amide bonds. The molecule has 1 fully saturated rings. The first-order valence-corrected chi connectivity index (χ1v) is 7.87. The molecule has 3 rings (SSSR count). The maximum Gasteiger partial charge on any atom is 0.246 e. The Kier molecular flexibility index (Phi) is 3.49. The van der Waals surface area contributed by atoms with E-state index in [-0.39, 0.29) is 10.8 Å². The first-order valence-electron chi connectivity index (χ1n) is 6.43. The molecule has 8 heteroatoms. The van der Waals surface area contributed by atoms with Gasteiger partial charge in [-0.05, 0) is 12.8 Å². The average Bonchev–Trinajstić information content (AvgIpc) is 3.03. The fourth-order valence-electron chi connectivity index (χ4n) is 2.45. The number of nitrogens with zero attached hydrogens (tertiary/aromatic N) is 4. The summed E-state index contributed by atoms with van der Waals surface area (Å²) in [7, 11) is -3.47. The van der Waals surface area contributed by atoms with Crippen LogP contribution >= 0.6 is 0 Å². The summed E-state index contributed by atoms with van der Waals surface area (Å²) >= 11 is 0. The highest BCUT2D eigenvalue weighted by Gasteiger charge is 2.31. The molecule has 0 bridgehead atoms.